The van der Waals surface area contributed by atoms with Crippen LogP contribution in [0.3, 0.4) is 0 Å². The van der Waals surface area contributed by atoms with Crippen LogP contribution in [0.4, 0.5) is 5.69 Å². The van der Waals surface area contributed by atoms with E-state index >= 15 is 0 Å². The lowest BCUT2D eigenvalue weighted by Gasteiger charge is -2.10. The number of hydrogen-bond acceptors (Lipinski definition) is 3. The molecule has 0 radical (unpaired) electrons. The molecule has 114 valence electrons. The van der Waals surface area contributed by atoms with Crippen molar-refractivity contribution in [3.8, 4) is 5.75 Å². The van der Waals surface area contributed by atoms with Crippen LogP contribution in [0.2, 0.25) is 0 Å². The van der Waals surface area contributed by atoms with Gasteiger partial charge >= 0.3 is 0 Å². The summed E-state index contributed by atoms with van der Waals surface area (Å²) in [6.07, 6.45) is 7.28. The molecule has 1 rings (SSSR count). The summed E-state index contributed by atoms with van der Waals surface area (Å²) < 4.78 is 5.58. The Hall–Kier alpha value is -1.22. The number of nitrogens with one attached hydrogen (secondary N) is 1. The molecule has 0 unspecified atom stereocenters. The standard InChI is InChI=1S/C17H30N2O/c1-3-5-6-7-11-19-12-10-15-8-9-17(16(18)14-15)20-13-4-2/h8-9,14,19H,3-7,10-13,18H2,1-2H3. The Morgan fingerprint density at radius 3 is 2.60 bits per heavy atom. The highest BCUT2D eigenvalue weighted by Gasteiger charge is 2.01. The van der Waals surface area contributed by atoms with Crippen LogP contribution in [0.1, 0.15) is 51.5 Å². The number of ether oxygens (including phenoxy) is 1. The van der Waals surface area contributed by atoms with E-state index in [1.165, 1.54) is 31.2 Å². The van der Waals surface area contributed by atoms with Crippen molar-refractivity contribution in [1.82, 2.24) is 5.32 Å². The molecule has 0 spiro atoms. The zero-order valence-corrected chi connectivity index (χ0v) is 13.1. The van der Waals surface area contributed by atoms with Gasteiger partial charge in [0.25, 0.3) is 0 Å². The summed E-state index contributed by atoms with van der Waals surface area (Å²) in [5, 5.41) is 3.49. The third-order valence-corrected chi connectivity index (χ3v) is 3.33. The van der Waals surface area contributed by atoms with E-state index in [0.717, 1.165) is 44.0 Å². The van der Waals surface area contributed by atoms with Crippen molar-refractivity contribution in [2.75, 3.05) is 25.4 Å². The fourth-order valence-corrected chi connectivity index (χ4v) is 2.13. The molecule has 0 heterocycles. The van der Waals surface area contributed by atoms with Crippen molar-refractivity contribution in [2.24, 2.45) is 0 Å². The van der Waals surface area contributed by atoms with Gasteiger partial charge in [-0.05, 0) is 50.0 Å². The van der Waals surface area contributed by atoms with Crippen LogP contribution in [-0.4, -0.2) is 19.7 Å². The molecule has 1 aromatic carbocycles. The molecule has 0 saturated carbocycles. The molecule has 3 heteroatoms. The molecule has 0 atom stereocenters. The number of unbranched alkanes of at least 4 members (excludes halogenated alkanes) is 3. The largest absolute Gasteiger partial charge is 0.491 e. The van der Waals surface area contributed by atoms with E-state index in [0.29, 0.717) is 0 Å². The maximum absolute atomic E-state index is 6.00. The lowest BCUT2D eigenvalue weighted by molar-refractivity contribution is 0.319. The van der Waals surface area contributed by atoms with Crippen molar-refractivity contribution in [2.45, 2.75) is 52.4 Å². The Bertz CT molecular complexity index is 366. The van der Waals surface area contributed by atoms with Gasteiger partial charge in [-0.15, -0.1) is 0 Å². The molecular formula is C17H30N2O. The van der Waals surface area contributed by atoms with Crippen LogP contribution in [-0.2, 0) is 6.42 Å². The van der Waals surface area contributed by atoms with Gasteiger partial charge < -0.3 is 15.8 Å². The highest BCUT2D eigenvalue weighted by Crippen LogP contribution is 2.22. The van der Waals surface area contributed by atoms with Crippen molar-refractivity contribution in [3.05, 3.63) is 23.8 Å². The van der Waals surface area contributed by atoms with Crippen LogP contribution in [0.5, 0.6) is 5.75 Å². The topological polar surface area (TPSA) is 47.3 Å². The first kappa shape index (κ1) is 16.8. The van der Waals surface area contributed by atoms with E-state index in [1.54, 1.807) is 0 Å². The quantitative estimate of drug-likeness (QED) is 0.478. The molecule has 0 fully saturated rings. The Morgan fingerprint density at radius 2 is 1.90 bits per heavy atom. The summed E-state index contributed by atoms with van der Waals surface area (Å²) >= 11 is 0. The van der Waals surface area contributed by atoms with Gasteiger partial charge in [-0.3, -0.25) is 0 Å². The number of nitrogen functional groups attached to an aromatic ring is 1. The van der Waals surface area contributed by atoms with Crippen molar-refractivity contribution >= 4 is 5.69 Å². The second-order valence-electron chi connectivity index (χ2n) is 5.28. The smallest absolute Gasteiger partial charge is 0.142 e. The van der Waals surface area contributed by atoms with Crippen molar-refractivity contribution in [3.63, 3.8) is 0 Å². The molecule has 0 amide bonds. The van der Waals surface area contributed by atoms with Crippen LogP contribution in [0.15, 0.2) is 18.2 Å². The SMILES string of the molecule is CCCCCCNCCc1ccc(OCCC)c(N)c1. The van der Waals surface area contributed by atoms with E-state index in [4.69, 9.17) is 10.5 Å². The van der Waals surface area contributed by atoms with Gasteiger partial charge in [0.15, 0.2) is 0 Å². The zero-order chi connectivity index (χ0) is 14.6. The van der Waals surface area contributed by atoms with E-state index in [-0.39, 0.29) is 0 Å². The van der Waals surface area contributed by atoms with Crippen molar-refractivity contribution in [1.29, 1.82) is 0 Å². The zero-order valence-electron chi connectivity index (χ0n) is 13.1. The van der Waals surface area contributed by atoms with E-state index < -0.39 is 0 Å². The molecule has 3 nitrogen and oxygen atoms in total. The molecule has 0 saturated heterocycles. The maximum atomic E-state index is 6.00. The second-order valence-corrected chi connectivity index (χ2v) is 5.28. The van der Waals surface area contributed by atoms with Crippen molar-refractivity contribution < 1.29 is 4.74 Å². The highest BCUT2D eigenvalue weighted by molar-refractivity contribution is 5.54. The maximum Gasteiger partial charge on any atom is 0.142 e. The Labute approximate surface area is 123 Å². The van der Waals surface area contributed by atoms with Gasteiger partial charge in [-0.2, -0.15) is 0 Å². The van der Waals surface area contributed by atoms with E-state index in [2.05, 4.69) is 25.2 Å². The number of hydrogen-bond donors (Lipinski definition) is 2. The normalized spacial score (nSPS) is 10.7. The number of anilines is 1. The van der Waals surface area contributed by atoms with E-state index in [1.807, 2.05) is 12.1 Å². The summed E-state index contributed by atoms with van der Waals surface area (Å²) in [6, 6.07) is 6.13. The van der Waals surface area contributed by atoms with Gasteiger partial charge in [0.1, 0.15) is 5.75 Å². The summed E-state index contributed by atoms with van der Waals surface area (Å²) in [7, 11) is 0. The molecule has 0 aliphatic rings. The third kappa shape index (κ3) is 6.80. The fourth-order valence-electron chi connectivity index (χ4n) is 2.13. The number of nitrogens with two attached hydrogens (primary N) is 1. The minimum absolute atomic E-state index is 0.725. The monoisotopic (exact) mass is 278 g/mol. The molecular weight excluding hydrogens is 248 g/mol. The van der Waals surface area contributed by atoms with Crippen LogP contribution < -0.4 is 15.8 Å². The molecule has 0 aliphatic carbocycles. The molecule has 1 aromatic rings. The number of benzene rings is 1. The predicted molar refractivity (Wildman–Crippen MR) is 87.4 cm³/mol. The van der Waals surface area contributed by atoms with E-state index in [9.17, 15) is 0 Å². The minimum atomic E-state index is 0.725. The Balaban J connectivity index is 2.22. The second kappa shape index (κ2) is 10.6. The lowest BCUT2D eigenvalue weighted by Crippen LogP contribution is -2.18. The first-order chi connectivity index (χ1) is 9.77. The van der Waals surface area contributed by atoms with Gasteiger partial charge in [-0.25, -0.2) is 0 Å². The first-order valence-electron chi connectivity index (χ1n) is 7.99. The third-order valence-electron chi connectivity index (χ3n) is 3.33. The molecule has 20 heavy (non-hydrogen) atoms. The molecule has 0 bridgehead atoms. The van der Waals surface area contributed by atoms with Crippen LogP contribution >= 0.6 is 0 Å². The highest BCUT2D eigenvalue weighted by atomic mass is 16.5. The van der Waals surface area contributed by atoms with Crippen LogP contribution in [0, 0.1) is 0 Å². The molecule has 0 aromatic heterocycles. The predicted octanol–water partition coefficient (Wildman–Crippen LogP) is 3.77. The average Bonchev–Trinajstić information content (AvgIpc) is 2.45. The van der Waals surface area contributed by atoms with Gasteiger partial charge in [-0.1, -0.05) is 39.2 Å². The number of rotatable bonds is 11. The summed E-state index contributed by atoms with van der Waals surface area (Å²) in [5.41, 5.74) is 8.02. The molecule has 3 N–H and O–H groups in total. The van der Waals surface area contributed by atoms with Gasteiger partial charge in [0.2, 0.25) is 0 Å². The fraction of sp³-hybridized carbons (Fsp3) is 0.647. The Kier molecular flexibility index (Phi) is 8.88. The average molecular weight is 278 g/mol. The minimum Gasteiger partial charge on any atom is -0.491 e. The van der Waals surface area contributed by atoms with Gasteiger partial charge in [0, 0.05) is 0 Å². The Morgan fingerprint density at radius 1 is 1.05 bits per heavy atom. The first-order valence-corrected chi connectivity index (χ1v) is 7.99. The van der Waals surface area contributed by atoms with Gasteiger partial charge in [0.05, 0.1) is 12.3 Å². The lowest BCUT2D eigenvalue weighted by atomic mass is 10.1. The summed E-state index contributed by atoms with van der Waals surface area (Å²) in [6.45, 7) is 7.19. The van der Waals surface area contributed by atoms with Crippen LogP contribution in [0.25, 0.3) is 0 Å². The summed E-state index contributed by atoms with van der Waals surface area (Å²) in [4.78, 5) is 0. The molecule has 0 aliphatic heterocycles. The summed E-state index contributed by atoms with van der Waals surface area (Å²) in [5.74, 6) is 0.808.